The number of nitrogens with one attached hydrogen (secondary N) is 2. The molecule has 0 saturated heterocycles. The second kappa shape index (κ2) is 7.60. The van der Waals surface area contributed by atoms with Gasteiger partial charge in [0.1, 0.15) is 11.6 Å². The number of fused-ring (bicyclic) bond motifs is 1. The Morgan fingerprint density at radius 3 is 2.58 bits per heavy atom. The molecule has 0 bridgehead atoms. The summed E-state index contributed by atoms with van der Waals surface area (Å²) >= 11 is 0. The van der Waals surface area contributed by atoms with Crippen LogP contribution in [0.15, 0.2) is 64.1 Å². The number of anilines is 1. The molecule has 0 amide bonds. The lowest BCUT2D eigenvalue weighted by Gasteiger charge is -2.25. The van der Waals surface area contributed by atoms with Gasteiger partial charge in [-0.2, -0.15) is 20.6 Å². The van der Waals surface area contributed by atoms with Gasteiger partial charge < -0.3 is 16.2 Å². The maximum Gasteiger partial charge on any atom is 0.269 e. The molecule has 4 rings (SSSR count). The summed E-state index contributed by atoms with van der Waals surface area (Å²) in [5, 5.41) is 49.2. The van der Waals surface area contributed by atoms with Crippen molar-refractivity contribution in [1.29, 1.82) is 5.26 Å². The molecule has 1 aromatic heterocycles. The first-order chi connectivity index (χ1) is 14.9. The highest BCUT2D eigenvalue weighted by Gasteiger charge is 2.34. The number of phenols is 1. The molecule has 1 aliphatic rings. The van der Waals surface area contributed by atoms with Crippen molar-refractivity contribution in [1.82, 2.24) is 10.2 Å². The van der Waals surface area contributed by atoms with E-state index in [1.54, 1.807) is 12.1 Å². The summed E-state index contributed by atoms with van der Waals surface area (Å²) in [6, 6.07) is 12.4. The van der Waals surface area contributed by atoms with Crippen molar-refractivity contribution in [3.8, 4) is 11.8 Å². The van der Waals surface area contributed by atoms with E-state index in [4.69, 9.17) is 5.73 Å². The van der Waals surface area contributed by atoms with Crippen LogP contribution in [0.4, 0.5) is 22.9 Å². The molecule has 1 unspecified atom stereocenters. The van der Waals surface area contributed by atoms with Gasteiger partial charge in [-0.3, -0.25) is 15.2 Å². The Morgan fingerprint density at radius 2 is 1.90 bits per heavy atom. The largest absolute Gasteiger partial charge is 0.508 e. The molecule has 154 valence electrons. The van der Waals surface area contributed by atoms with E-state index in [-0.39, 0.29) is 22.8 Å². The predicted octanol–water partition coefficient (Wildman–Crippen LogP) is 4.00. The van der Waals surface area contributed by atoms with E-state index in [2.05, 4.69) is 31.8 Å². The van der Waals surface area contributed by atoms with Crippen LogP contribution >= 0.6 is 0 Å². The van der Waals surface area contributed by atoms with Crippen molar-refractivity contribution in [3.05, 3.63) is 80.8 Å². The molecule has 2 heterocycles. The summed E-state index contributed by atoms with van der Waals surface area (Å²) in [6.45, 7) is 1.81. The molecule has 0 fully saturated rings. The molecule has 5 N–H and O–H groups in total. The number of aromatic hydroxyl groups is 1. The molecule has 0 saturated carbocycles. The van der Waals surface area contributed by atoms with Crippen molar-refractivity contribution in [2.24, 2.45) is 16.0 Å². The fourth-order valence-electron chi connectivity index (χ4n) is 3.41. The number of allylic oxidation sites excluding steroid dienone is 1. The van der Waals surface area contributed by atoms with Crippen molar-refractivity contribution >= 4 is 22.9 Å². The van der Waals surface area contributed by atoms with Gasteiger partial charge >= 0.3 is 0 Å². The summed E-state index contributed by atoms with van der Waals surface area (Å²) < 4.78 is 0. The summed E-state index contributed by atoms with van der Waals surface area (Å²) in [5.41, 5.74) is 8.92. The van der Waals surface area contributed by atoms with Gasteiger partial charge in [0.15, 0.2) is 5.82 Å². The molecule has 0 spiro atoms. The number of non-ortho nitro benzene ring substituents is 1. The molecule has 2 aromatic carbocycles. The number of phenolic OH excluding ortho intramolecular Hbond substituents is 1. The SMILES string of the molecule is Cc1[nH]nc2c1C(c1cc(N=Nc3ccc([N+](=O)[O-])cc3)ccc1O)C(C#N)=C(N)N2. The van der Waals surface area contributed by atoms with Crippen LogP contribution < -0.4 is 11.1 Å². The van der Waals surface area contributed by atoms with E-state index < -0.39 is 10.8 Å². The molecule has 31 heavy (non-hydrogen) atoms. The highest BCUT2D eigenvalue weighted by Crippen LogP contribution is 2.45. The van der Waals surface area contributed by atoms with Crippen LogP contribution in [0.2, 0.25) is 0 Å². The first-order valence-electron chi connectivity index (χ1n) is 9.09. The number of hydrogen-bond donors (Lipinski definition) is 4. The second-order valence-corrected chi connectivity index (χ2v) is 6.82. The third kappa shape index (κ3) is 3.53. The average molecular weight is 416 g/mol. The summed E-state index contributed by atoms with van der Waals surface area (Å²) in [4.78, 5) is 10.3. The number of nitrogens with zero attached hydrogens (tertiary/aromatic N) is 5. The summed E-state index contributed by atoms with van der Waals surface area (Å²) in [5.74, 6) is -0.0390. The average Bonchev–Trinajstić information content (AvgIpc) is 3.12. The van der Waals surface area contributed by atoms with E-state index in [1.165, 1.54) is 30.3 Å². The summed E-state index contributed by atoms with van der Waals surface area (Å²) in [6.07, 6.45) is 0. The Hall–Kier alpha value is -4.72. The lowest BCUT2D eigenvalue weighted by Crippen LogP contribution is -2.23. The van der Waals surface area contributed by atoms with Gasteiger partial charge in [0.2, 0.25) is 0 Å². The van der Waals surface area contributed by atoms with Gasteiger partial charge in [-0.05, 0) is 37.3 Å². The normalized spacial score (nSPS) is 15.4. The number of aryl methyl sites for hydroxylation is 1. The number of nitriles is 1. The monoisotopic (exact) mass is 416 g/mol. The smallest absolute Gasteiger partial charge is 0.269 e. The minimum absolute atomic E-state index is 0.0340. The van der Waals surface area contributed by atoms with Crippen LogP contribution in [-0.2, 0) is 0 Å². The number of rotatable bonds is 4. The molecule has 0 aliphatic carbocycles. The zero-order valence-electron chi connectivity index (χ0n) is 16.2. The van der Waals surface area contributed by atoms with Crippen LogP contribution in [0, 0.1) is 28.4 Å². The van der Waals surface area contributed by atoms with Gasteiger partial charge in [-0.25, -0.2) is 0 Å². The third-order valence-corrected chi connectivity index (χ3v) is 4.90. The number of H-pyrrole nitrogens is 1. The van der Waals surface area contributed by atoms with E-state index in [9.17, 15) is 20.5 Å². The van der Waals surface area contributed by atoms with E-state index in [1.807, 2.05) is 6.92 Å². The second-order valence-electron chi connectivity index (χ2n) is 6.82. The van der Waals surface area contributed by atoms with Gasteiger partial charge in [-0.1, -0.05) is 0 Å². The number of nitro benzene ring substituents is 1. The molecule has 11 nitrogen and oxygen atoms in total. The maximum atomic E-state index is 10.8. The van der Waals surface area contributed by atoms with Crippen molar-refractivity contribution in [2.45, 2.75) is 12.8 Å². The molecule has 11 heteroatoms. The molecule has 0 radical (unpaired) electrons. The Balaban J connectivity index is 1.74. The van der Waals surface area contributed by atoms with Crippen LogP contribution in [-0.4, -0.2) is 20.2 Å². The first-order valence-corrected chi connectivity index (χ1v) is 9.09. The number of nitrogens with two attached hydrogens (primary N) is 1. The molecule has 1 atom stereocenters. The fraction of sp³-hybridized carbons (Fsp3) is 0.100. The number of azo groups is 1. The summed E-state index contributed by atoms with van der Waals surface area (Å²) in [7, 11) is 0. The minimum atomic E-state index is -0.644. The van der Waals surface area contributed by atoms with Gasteiger partial charge in [-0.15, -0.1) is 0 Å². The quantitative estimate of drug-likeness (QED) is 0.282. The number of hydrogen-bond acceptors (Lipinski definition) is 9. The lowest BCUT2D eigenvalue weighted by atomic mass is 9.82. The van der Waals surface area contributed by atoms with Crippen molar-refractivity contribution < 1.29 is 10.0 Å². The molecule has 3 aromatic rings. The number of nitro groups is 1. The van der Waals surface area contributed by atoms with E-state index in [0.29, 0.717) is 28.3 Å². The topological polar surface area (TPSA) is 179 Å². The fourth-order valence-corrected chi connectivity index (χ4v) is 3.41. The van der Waals surface area contributed by atoms with E-state index >= 15 is 0 Å². The third-order valence-electron chi connectivity index (χ3n) is 4.90. The van der Waals surface area contributed by atoms with Gasteiger partial charge in [0.25, 0.3) is 5.69 Å². The van der Waals surface area contributed by atoms with Crippen LogP contribution in [0.25, 0.3) is 0 Å². The Bertz CT molecular complexity index is 1280. The zero-order chi connectivity index (χ0) is 22.1. The Kier molecular flexibility index (Phi) is 4.80. The minimum Gasteiger partial charge on any atom is -0.508 e. The molecule has 1 aliphatic heterocycles. The number of aromatic nitrogens is 2. The van der Waals surface area contributed by atoms with Crippen molar-refractivity contribution in [2.75, 3.05) is 5.32 Å². The van der Waals surface area contributed by atoms with E-state index in [0.717, 1.165) is 5.69 Å². The predicted molar refractivity (Wildman–Crippen MR) is 111 cm³/mol. The van der Waals surface area contributed by atoms with Crippen LogP contribution in [0.3, 0.4) is 0 Å². The zero-order valence-corrected chi connectivity index (χ0v) is 16.2. The maximum absolute atomic E-state index is 10.8. The van der Waals surface area contributed by atoms with Crippen LogP contribution in [0.5, 0.6) is 5.75 Å². The lowest BCUT2D eigenvalue weighted by molar-refractivity contribution is -0.384. The van der Waals surface area contributed by atoms with Gasteiger partial charge in [0, 0.05) is 29.0 Å². The highest BCUT2D eigenvalue weighted by molar-refractivity contribution is 5.68. The van der Waals surface area contributed by atoms with Crippen molar-refractivity contribution in [3.63, 3.8) is 0 Å². The Morgan fingerprint density at radius 1 is 1.23 bits per heavy atom. The van der Waals surface area contributed by atoms with Crippen LogP contribution in [0.1, 0.15) is 22.7 Å². The molecular formula is C20H16N8O3. The highest BCUT2D eigenvalue weighted by atomic mass is 16.6. The van der Waals surface area contributed by atoms with Gasteiger partial charge in [0.05, 0.1) is 33.9 Å². The Labute approximate surface area is 175 Å². The molecular weight excluding hydrogens is 400 g/mol. The standard InChI is InChI=1S/C20H16N8O3/c1-10-17-18(15(9-21)19(22)23-20(17)27-24-10)14-8-12(4-7-16(14)29)26-25-11-2-5-13(6-3-11)28(30)31/h2-8,18,29H,22H2,1H3,(H2,23,24,27). The number of aromatic amines is 1. The first kappa shape index (κ1) is 19.6. The number of benzene rings is 2.